The largest absolute Gasteiger partial charge is 0.393 e. The fourth-order valence-corrected chi connectivity index (χ4v) is 5.17. The molecule has 0 unspecified atom stereocenters. The van der Waals surface area contributed by atoms with Gasteiger partial charge in [0, 0.05) is 32.1 Å². The number of anilines is 2. The third kappa shape index (κ3) is 4.10. The monoisotopic (exact) mass is 400 g/mol. The lowest BCUT2D eigenvalue weighted by Crippen LogP contribution is -2.50. The Morgan fingerprint density at radius 1 is 1.24 bits per heavy atom. The van der Waals surface area contributed by atoms with Gasteiger partial charge < -0.3 is 20.2 Å². The molecule has 2 aliphatic heterocycles. The van der Waals surface area contributed by atoms with Crippen LogP contribution in [-0.2, 0) is 9.59 Å². The molecule has 2 N–H and O–H groups in total. The molecular formula is C22H32N4O3. The van der Waals surface area contributed by atoms with Gasteiger partial charge in [-0.2, -0.15) is 0 Å². The van der Waals surface area contributed by atoms with Gasteiger partial charge in [0.1, 0.15) is 5.82 Å². The third-order valence-corrected chi connectivity index (χ3v) is 6.91. The molecule has 7 heteroatoms. The molecule has 3 heterocycles. The van der Waals surface area contributed by atoms with Gasteiger partial charge in [-0.05, 0) is 57.1 Å². The Balaban J connectivity index is 1.43. The molecule has 0 bridgehead atoms. The van der Waals surface area contributed by atoms with Crippen LogP contribution in [0.1, 0.15) is 58.3 Å². The molecule has 2 amide bonds. The maximum atomic E-state index is 13.4. The summed E-state index contributed by atoms with van der Waals surface area (Å²) in [6, 6.07) is 4.11. The van der Waals surface area contributed by atoms with E-state index in [0.717, 1.165) is 63.9 Å². The lowest BCUT2D eigenvalue weighted by Gasteiger charge is -2.41. The molecule has 1 aromatic heterocycles. The van der Waals surface area contributed by atoms with Gasteiger partial charge >= 0.3 is 0 Å². The number of hydrogen-bond donors (Lipinski definition) is 2. The summed E-state index contributed by atoms with van der Waals surface area (Å²) in [6.45, 7) is 4.27. The minimum Gasteiger partial charge on any atom is -0.393 e. The second kappa shape index (κ2) is 8.30. The molecule has 2 saturated heterocycles. The van der Waals surface area contributed by atoms with Crippen LogP contribution in [0.25, 0.3) is 0 Å². The first kappa shape index (κ1) is 20.1. The first-order valence-electron chi connectivity index (χ1n) is 11.0. The van der Waals surface area contributed by atoms with E-state index in [4.69, 9.17) is 0 Å². The van der Waals surface area contributed by atoms with Crippen LogP contribution < -0.4 is 10.2 Å². The Labute approximate surface area is 172 Å². The number of carbonyl (C=O) groups excluding carboxylic acids is 2. The average Bonchev–Trinajstić information content (AvgIpc) is 3.04. The first-order valence-corrected chi connectivity index (χ1v) is 11.0. The number of aromatic nitrogens is 1. The maximum absolute atomic E-state index is 13.4. The quantitative estimate of drug-likeness (QED) is 0.811. The van der Waals surface area contributed by atoms with Crippen molar-refractivity contribution in [1.29, 1.82) is 0 Å². The van der Waals surface area contributed by atoms with E-state index in [9.17, 15) is 14.7 Å². The van der Waals surface area contributed by atoms with Crippen molar-refractivity contribution in [3.63, 3.8) is 0 Å². The van der Waals surface area contributed by atoms with Crippen molar-refractivity contribution in [3.05, 3.63) is 18.3 Å². The number of aliphatic hydroxyl groups excluding tert-OH is 1. The van der Waals surface area contributed by atoms with E-state index in [1.54, 1.807) is 6.20 Å². The second-order valence-electron chi connectivity index (χ2n) is 8.82. The zero-order chi connectivity index (χ0) is 20.4. The summed E-state index contributed by atoms with van der Waals surface area (Å²) in [5.41, 5.74) is 0.403. The summed E-state index contributed by atoms with van der Waals surface area (Å²) in [5.74, 6) is 1.14. The van der Waals surface area contributed by atoms with Crippen molar-refractivity contribution < 1.29 is 14.7 Å². The smallest absolute Gasteiger partial charge is 0.230 e. The van der Waals surface area contributed by atoms with Crippen molar-refractivity contribution in [2.45, 2.75) is 70.4 Å². The molecule has 0 aromatic carbocycles. The number of hydrogen-bond acceptors (Lipinski definition) is 5. The maximum Gasteiger partial charge on any atom is 0.230 e. The molecule has 3 fully saturated rings. The predicted octanol–water partition coefficient (Wildman–Crippen LogP) is 2.55. The van der Waals surface area contributed by atoms with E-state index in [1.807, 2.05) is 19.1 Å². The van der Waals surface area contributed by atoms with Crippen LogP contribution in [-0.4, -0.2) is 58.6 Å². The van der Waals surface area contributed by atoms with Gasteiger partial charge in [0.2, 0.25) is 11.8 Å². The number of pyridine rings is 1. The summed E-state index contributed by atoms with van der Waals surface area (Å²) in [7, 11) is 0. The first-order chi connectivity index (χ1) is 14.0. The van der Waals surface area contributed by atoms with Gasteiger partial charge in [-0.3, -0.25) is 9.59 Å². The molecule has 0 radical (unpaired) electrons. The Morgan fingerprint density at radius 3 is 2.72 bits per heavy atom. The van der Waals surface area contributed by atoms with Crippen LogP contribution in [0, 0.1) is 5.41 Å². The van der Waals surface area contributed by atoms with E-state index in [1.165, 1.54) is 0 Å². The molecule has 1 aliphatic carbocycles. The third-order valence-electron chi connectivity index (χ3n) is 6.91. The molecule has 1 saturated carbocycles. The van der Waals surface area contributed by atoms with Gasteiger partial charge in [-0.1, -0.05) is 6.92 Å². The highest BCUT2D eigenvalue weighted by Crippen LogP contribution is 2.43. The summed E-state index contributed by atoms with van der Waals surface area (Å²) < 4.78 is 0. The van der Waals surface area contributed by atoms with Gasteiger partial charge in [-0.15, -0.1) is 0 Å². The van der Waals surface area contributed by atoms with Crippen LogP contribution in [0.2, 0.25) is 0 Å². The van der Waals surface area contributed by atoms with Gasteiger partial charge in [0.05, 0.1) is 23.4 Å². The fraction of sp³-hybridized carbons (Fsp3) is 0.682. The van der Waals surface area contributed by atoms with Crippen molar-refractivity contribution in [2.75, 3.05) is 29.9 Å². The van der Waals surface area contributed by atoms with Crippen molar-refractivity contribution >= 4 is 23.3 Å². The van der Waals surface area contributed by atoms with E-state index in [0.29, 0.717) is 30.6 Å². The van der Waals surface area contributed by atoms with Gasteiger partial charge in [-0.25, -0.2) is 4.98 Å². The summed E-state index contributed by atoms with van der Waals surface area (Å²) in [4.78, 5) is 33.8. The average molecular weight is 401 g/mol. The van der Waals surface area contributed by atoms with Crippen LogP contribution in [0.4, 0.5) is 11.5 Å². The Bertz CT molecular complexity index is 745. The molecule has 7 nitrogen and oxygen atoms in total. The topological polar surface area (TPSA) is 85.8 Å². The van der Waals surface area contributed by atoms with Crippen LogP contribution >= 0.6 is 0 Å². The number of aliphatic hydroxyl groups is 1. The molecule has 3 aliphatic rings. The number of likely N-dealkylation sites (tertiary alicyclic amines) is 1. The Morgan fingerprint density at radius 2 is 2.03 bits per heavy atom. The highest BCUT2D eigenvalue weighted by molar-refractivity contribution is 5.90. The SMILES string of the molecule is CCC(=O)Nc1ccc(N2CCC[C@@]3(CCN([C@H]4CC[C@H](O)CC4)C3=O)C2)nc1. The van der Waals surface area contributed by atoms with Crippen molar-refractivity contribution in [2.24, 2.45) is 5.41 Å². The van der Waals surface area contributed by atoms with Gasteiger partial charge in [0.15, 0.2) is 0 Å². The predicted molar refractivity (Wildman–Crippen MR) is 112 cm³/mol. The summed E-state index contributed by atoms with van der Waals surface area (Å²) in [5, 5.41) is 12.6. The number of rotatable bonds is 4. The number of piperidine rings is 1. The molecule has 1 spiro atoms. The molecule has 29 heavy (non-hydrogen) atoms. The minimum absolute atomic E-state index is 0.0247. The minimum atomic E-state index is -0.301. The number of nitrogens with zero attached hydrogens (tertiary/aromatic N) is 3. The number of carbonyl (C=O) groups is 2. The Hall–Kier alpha value is -2.15. The van der Waals surface area contributed by atoms with E-state index < -0.39 is 0 Å². The van der Waals surface area contributed by atoms with Gasteiger partial charge in [0.25, 0.3) is 0 Å². The normalized spacial score (nSPS) is 30.1. The number of amides is 2. The lowest BCUT2D eigenvalue weighted by atomic mass is 9.78. The van der Waals surface area contributed by atoms with Crippen molar-refractivity contribution in [1.82, 2.24) is 9.88 Å². The standard InChI is InChI=1S/C22H32N4O3/c1-2-20(28)24-16-4-9-19(23-14-16)25-12-3-10-22(15-25)11-13-26(21(22)29)17-5-7-18(27)8-6-17/h4,9,14,17-18,27H,2-3,5-8,10-13,15H2,1H3,(H,24,28)/t17-,18-,22-/m1/s1. The van der Waals surface area contributed by atoms with E-state index in [-0.39, 0.29) is 17.4 Å². The fourth-order valence-electron chi connectivity index (χ4n) is 5.17. The number of nitrogens with one attached hydrogen (secondary N) is 1. The Kier molecular flexibility index (Phi) is 5.76. The molecular weight excluding hydrogens is 368 g/mol. The van der Waals surface area contributed by atoms with Crippen LogP contribution in [0.15, 0.2) is 18.3 Å². The molecule has 1 atom stereocenters. The molecule has 1 aromatic rings. The van der Waals surface area contributed by atoms with Crippen molar-refractivity contribution in [3.8, 4) is 0 Å². The van der Waals surface area contributed by atoms with E-state index >= 15 is 0 Å². The molecule has 158 valence electrons. The highest BCUT2D eigenvalue weighted by Gasteiger charge is 2.50. The van der Waals surface area contributed by atoms with Crippen LogP contribution in [0.5, 0.6) is 0 Å². The lowest BCUT2D eigenvalue weighted by molar-refractivity contribution is -0.139. The zero-order valence-corrected chi connectivity index (χ0v) is 17.3. The summed E-state index contributed by atoms with van der Waals surface area (Å²) in [6.07, 6.45) is 8.22. The van der Waals surface area contributed by atoms with E-state index in [2.05, 4.69) is 20.1 Å². The zero-order valence-electron chi connectivity index (χ0n) is 17.3. The van der Waals surface area contributed by atoms with Crippen LogP contribution in [0.3, 0.4) is 0 Å². The molecule has 4 rings (SSSR count). The summed E-state index contributed by atoms with van der Waals surface area (Å²) >= 11 is 0. The second-order valence-corrected chi connectivity index (χ2v) is 8.82. The highest BCUT2D eigenvalue weighted by atomic mass is 16.3.